The van der Waals surface area contributed by atoms with Gasteiger partial charge in [-0.15, -0.1) is 0 Å². The van der Waals surface area contributed by atoms with Gasteiger partial charge in [0.05, 0.1) is 6.54 Å². The Balaban J connectivity index is 1.94. The Kier molecular flexibility index (Phi) is 6.01. The molecule has 2 rings (SSSR count). The number of nitrogen functional groups attached to an aromatic ring is 1. The molecule has 0 unspecified atom stereocenters. The van der Waals surface area contributed by atoms with E-state index in [0.717, 1.165) is 16.7 Å². The summed E-state index contributed by atoms with van der Waals surface area (Å²) in [7, 11) is 0. The van der Waals surface area contributed by atoms with Gasteiger partial charge in [-0.25, -0.2) is 5.06 Å². The van der Waals surface area contributed by atoms with Gasteiger partial charge in [0.2, 0.25) is 6.41 Å². The Labute approximate surface area is 141 Å². The van der Waals surface area contributed by atoms with Crippen LogP contribution in [-0.4, -0.2) is 29.8 Å². The van der Waals surface area contributed by atoms with E-state index >= 15 is 0 Å². The molecule has 5 nitrogen and oxygen atoms in total. The van der Waals surface area contributed by atoms with Crippen molar-refractivity contribution in [3.8, 4) is 11.8 Å². The van der Waals surface area contributed by atoms with Gasteiger partial charge in [-0.1, -0.05) is 30.6 Å². The first-order valence-electron chi connectivity index (χ1n) is 7.40. The van der Waals surface area contributed by atoms with E-state index in [0.29, 0.717) is 29.4 Å². The second-order valence-corrected chi connectivity index (χ2v) is 5.12. The molecule has 0 aliphatic rings. The van der Waals surface area contributed by atoms with E-state index in [9.17, 15) is 4.79 Å². The van der Waals surface area contributed by atoms with E-state index in [4.69, 9.17) is 10.9 Å². The number of amides is 1. The van der Waals surface area contributed by atoms with Crippen LogP contribution in [0.15, 0.2) is 55.1 Å². The largest absolute Gasteiger partial charge is 0.399 e. The number of carbonyl (C=O) groups is 1. The van der Waals surface area contributed by atoms with Crippen molar-refractivity contribution in [2.75, 3.05) is 18.8 Å². The molecule has 0 spiro atoms. The van der Waals surface area contributed by atoms with Crippen LogP contribution in [0.4, 0.5) is 5.69 Å². The van der Waals surface area contributed by atoms with E-state index in [1.165, 1.54) is 0 Å². The summed E-state index contributed by atoms with van der Waals surface area (Å²) < 4.78 is 0. The average Bonchev–Trinajstić information content (AvgIpc) is 2.61. The Bertz CT molecular complexity index is 756. The Hall–Kier alpha value is -3.23. The van der Waals surface area contributed by atoms with Gasteiger partial charge in [0.25, 0.3) is 0 Å². The van der Waals surface area contributed by atoms with Crippen molar-refractivity contribution in [3.05, 3.63) is 71.8 Å². The molecule has 2 aromatic rings. The lowest BCUT2D eigenvalue weighted by Gasteiger charge is -2.12. The highest BCUT2D eigenvalue weighted by Gasteiger charge is 2.00. The van der Waals surface area contributed by atoms with E-state index in [1.807, 2.05) is 48.5 Å². The van der Waals surface area contributed by atoms with Crippen molar-refractivity contribution in [1.29, 1.82) is 0 Å². The van der Waals surface area contributed by atoms with Crippen LogP contribution in [0.3, 0.4) is 0 Å². The molecule has 122 valence electrons. The van der Waals surface area contributed by atoms with Crippen molar-refractivity contribution in [2.45, 2.75) is 0 Å². The highest BCUT2D eigenvalue weighted by Crippen LogP contribution is 2.11. The summed E-state index contributed by atoms with van der Waals surface area (Å²) in [4.78, 5) is 10.3. The molecular weight excluding hydrogens is 302 g/mol. The van der Waals surface area contributed by atoms with Gasteiger partial charge in [-0.3, -0.25) is 10.0 Å². The lowest BCUT2D eigenvalue weighted by molar-refractivity contribution is -0.149. The van der Waals surface area contributed by atoms with Crippen molar-refractivity contribution in [1.82, 2.24) is 10.4 Å². The molecule has 0 radical (unpaired) electrons. The monoisotopic (exact) mass is 321 g/mol. The third-order valence-corrected chi connectivity index (χ3v) is 3.30. The van der Waals surface area contributed by atoms with Gasteiger partial charge in [-0.2, -0.15) is 0 Å². The molecule has 0 saturated carbocycles. The number of carbonyl (C=O) groups excluding carboxylic acids is 1. The summed E-state index contributed by atoms with van der Waals surface area (Å²) in [5.41, 5.74) is 9.79. The van der Waals surface area contributed by atoms with Crippen LogP contribution in [0.2, 0.25) is 0 Å². The SMILES string of the molecule is C=C(NCCN(O)C=O)c1ccc(C#Cc2ccc(N)cc2)cc1. The summed E-state index contributed by atoms with van der Waals surface area (Å²) in [6.45, 7) is 4.53. The Morgan fingerprint density at radius 3 is 2.21 bits per heavy atom. The minimum Gasteiger partial charge on any atom is -0.399 e. The number of hydrogen-bond acceptors (Lipinski definition) is 4. The zero-order valence-corrected chi connectivity index (χ0v) is 13.2. The number of hydroxylamine groups is 2. The third kappa shape index (κ3) is 5.20. The molecule has 0 aliphatic heterocycles. The first-order chi connectivity index (χ1) is 11.6. The van der Waals surface area contributed by atoms with Crippen LogP contribution in [0.5, 0.6) is 0 Å². The standard InChI is InChI=1S/C19H19N3O2/c1-15(21-12-13-22(24)14-23)18-8-4-16(5-9-18)2-3-17-6-10-19(20)11-7-17/h4-11,14,21,24H,1,12-13,20H2. The van der Waals surface area contributed by atoms with Crippen LogP contribution in [0.25, 0.3) is 5.70 Å². The van der Waals surface area contributed by atoms with Gasteiger partial charge in [0, 0.05) is 29.1 Å². The number of hydrogen-bond donors (Lipinski definition) is 3. The average molecular weight is 321 g/mol. The van der Waals surface area contributed by atoms with Crippen LogP contribution in [0, 0.1) is 11.8 Å². The Morgan fingerprint density at radius 2 is 1.67 bits per heavy atom. The maximum Gasteiger partial charge on any atom is 0.233 e. The topological polar surface area (TPSA) is 78.6 Å². The Morgan fingerprint density at radius 1 is 1.12 bits per heavy atom. The molecule has 5 heteroatoms. The fourth-order valence-electron chi connectivity index (χ4n) is 1.94. The second kappa shape index (κ2) is 8.42. The minimum absolute atomic E-state index is 0.188. The maximum absolute atomic E-state index is 10.3. The molecule has 24 heavy (non-hydrogen) atoms. The molecule has 2 aromatic carbocycles. The normalized spacial score (nSPS) is 9.54. The molecule has 0 heterocycles. The second-order valence-electron chi connectivity index (χ2n) is 5.12. The quantitative estimate of drug-likeness (QED) is 0.250. The van der Waals surface area contributed by atoms with Gasteiger partial charge in [0.1, 0.15) is 0 Å². The lowest BCUT2D eigenvalue weighted by Crippen LogP contribution is -2.27. The number of rotatable bonds is 6. The molecule has 1 amide bonds. The number of nitrogens with two attached hydrogens (primary N) is 1. The van der Waals surface area contributed by atoms with Crippen molar-refractivity contribution in [3.63, 3.8) is 0 Å². The van der Waals surface area contributed by atoms with E-state index in [-0.39, 0.29) is 6.54 Å². The summed E-state index contributed by atoms with van der Waals surface area (Å²) in [6, 6.07) is 15.1. The third-order valence-electron chi connectivity index (χ3n) is 3.30. The van der Waals surface area contributed by atoms with Crippen LogP contribution >= 0.6 is 0 Å². The first kappa shape index (κ1) is 17.1. The highest BCUT2D eigenvalue weighted by molar-refractivity contribution is 5.62. The number of benzene rings is 2. The molecule has 0 fully saturated rings. The summed E-state index contributed by atoms with van der Waals surface area (Å²) >= 11 is 0. The predicted molar refractivity (Wildman–Crippen MR) is 94.9 cm³/mol. The number of nitrogens with zero attached hydrogens (tertiary/aromatic N) is 1. The van der Waals surface area contributed by atoms with E-state index in [2.05, 4.69) is 23.7 Å². The van der Waals surface area contributed by atoms with Crippen molar-refractivity contribution in [2.24, 2.45) is 0 Å². The molecular formula is C19H19N3O2. The molecule has 0 aromatic heterocycles. The number of nitrogens with one attached hydrogen (secondary N) is 1. The van der Waals surface area contributed by atoms with Gasteiger partial charge in [0.15, 0.2) is 0 Å². The molecule has 4 N–H and O–H groups in total. The van der Waals surface area contributed by atoms with Gasteiger partial charge < -0.3 is 11.1 Å². The maximum atomic E-state index is 10.3. The minimum atomic E-state index is 0.188. The fraction of sp³-hybridized carbons (Fsp3) is 0.105. The molecule has 0 aliphatic carbocycles. The summed E-state index contributed by atoms with van der Waals surface area (Å²) in [6.07, 6.45) is 0.360. The lowest BCUT2D eigenvalue weighted by atomic mass is 10.1. The predicted octanol–water partition coefficient (Wildman–Crippen LogP) is 2.08. The fourth-order valence-corrected chi connectivity index (χ4v) is 1.94. The smallest absolute Gasteiger partial charge is 0.233 e. The van der Waals surface area contributed by atoms with E-state index in [1.54, 1.807) is 0 Å². The highest BCUT2D eigenvalue weighted by atomic mass is 16.5. The van der Waals surface area contributed by atoms with Crippen LogP contribution < -0.4 is 11.1 Å². The van der Waals surface area contributed by atoms with Crippen LogP contribution in [-0.2, 0) is 4.79 Å². The zero-order chi connectivity index (χ0) is 17.4. The molecule has 0 saturated heterocycles. The first-order valence-corrected chi connectivity index (χ1v) is 7.40. The molecule has 0 bridgehead atoms. The van der Waals surface area contributed by atoms with Gasteiger partial charge in [-0.05, 0) is 42.0 Å². The zero-order valence-electron chi connectivity index (χ0n) is 13.2. The van der Waals surface area contributed by atoms with Crippen molar-refractivity contribution < 1.29 is 10.0 Å². The number of anilines is 1. The van der Waals surface area contributed by atoms with Crippen molar-refractivity contribution >= 4 is 17.8 Å². The van der Waals surface area contributed by atoms with Crippen LogP contribution in [0.1, 0.15) is 16.7 Å². The van der Waals surface area contributed by atoms with Gasteiger partial charge >= 0.3 is 0 Å². The van der Waals surface area contributed by atoms with E-state index < -0.39 is 0 Å². The summed E-state index contributed by atoms with van der Waals surface area (Å²) in [5, 5.41) is 12.6. The summed E-state index contributed by atoms with van der Waals surface area (Å²) in [5.74, 6) is 6.17. The molecule has 0 atom stereocenters.